The molecule has 1 unspecified atom stereocenters. The van der Waals surface area contributed by atoms with Crippen molar-refractivity contribution in [1.29, 1.82) is 5.26 Å². The van der Waals surface area contributed by atoms with Gasteiger partial charge in [0.15, 0.2) is 4.67 Å². The molecule has 1 aromatic heterocycles. The number of nitrogens with zero attached hydrogens (tertiary/aromatic N) is 1. The molecule has 1 atom stereocenters. The van der Waals surface area contributed by atoms with Crippen LogP contribution in [-0.4, -0.2) is 0 Å². The van der Waals surface area contributed by atoms with Gasteiger partial charge in [0.1, 0.15) is 5.76 Å². The fraction of sp³-hybridized carbons (Fsp3) is 0.154. The van der Waals surface area contributed by atoms with E-state index in [0.717, 1.165) is 15.9 Å². The lowest BCUT2D eigenvalue weighted by Crippen LogP contribution is -2.06. The van der Waals surface area contributed by atoms with Gasteiger partial charge in [0.05, 0.1) is 17.7 Å². The van der Waals surface area contributed by atoms with Gasteiger partial charge in [0, 0.05) is 10.2 Å². The predicted octanol–water partition coefficient (Wildman–Crippen LogP) is 4.85. The Morgan fingerprint density at radius 3 is 2.61 bits per heavy atom. The first-order chi connectivity index (χ1) is 8.60. The Balaban J connectivity index is 2.17. The summed E-state index contributed by atoms with van der Waals surface area (Å²) in [4.78, 5) is 0. The highest BCUT2D eigenvalue weighted by Gasteiger charge is 2.11. The number of anilines is 1. The Morgan fingerprint density at radius 2 is 2.06 bits per heavy atom. The molecule has 92 valence electrons. The molecule has 2 rings (SSSR count). The molecule has 3 nitrogen and oxygen atoms in total. The Morgan fingerprint density at radius 1 is 1.28 bits per heavy atom. The molecule has 1 aromatic carbocycles. The molecule has 0 bridgehead atoms. The lowest BCUT2D eigenvalue weighted by Gasteiger charge is -2.14. The van der Waals surface area contributed by atoms with Gasteiger partial charge >= 0.3 is 0 Å². The maximum atomic E-state index is 8.80. The molecular weight excluding hydrogens is 360 g/mol. The summed E-state index contributed by atoms with van der Waals surface area (Å²) in [7, 11) is 0. The van der Waals surface area contributed by atoms with E-state index >= 15 is 0 Å². The van der Waals surface area contributed by atoms with Gasteiger partial charge in [-0.15, -0.1) is 0 Å². The molecule has 2 aromatic rings. The molecule has 1 N–H and O–H groups in total. The van der Waals surface area contributed by atoms with Crippen LogP contribution in [0.4, 0.5) is 5.69 Å². The minimum atomic E-state index is 0.0422. The van der Waals surface area contributed by atoms with Crippen molar-refractivity contribution >= 4 is 37.5 Å². The molecule has 0 aliphatic rings. The summed E-state index contributed by atoms with van der Waals surface area (Å²) in [5, 5.41) is 12.1. The van der Waals surface area contributed by atoms with Gasteiger partial charge in [-0.25, -0.2) is 0 Å². The lowest BCUT2D eigenvalue weighted by atomic mass is 10.2. The van der Waals surface area contributed by atoms with Crippen molar-refractivity contribution in [2.24, 2.45) is 0 Å². The third kappa shape index (κ3) is 2.95. The van der Waals surface area contributed by atoms with Crippen LogP contribution in [0.1, 0.15) is 24.3 Å². The normalized spacial score (nSPS) is 11.9. The van der Waals surface area contributed by atoms with Crippen molar-refractivity contribution in [2.75, 3.05) is 5.32 Å². The van der Waals surface area contributed by atoms with Gasteiger partial charge in [0.2, 0.25) is 0 Å². The Hall–Kier alpha value is -1.25. The molecule has 0 saturated heterocycles. The molecule has 0 fully saturated rings. The van der Waals surface area contributed by atoms with E-state index in [1.54, 1.807) is 12.1 Å². The van der Waals surface area contributed by atoms with E-state index in [9.17, 15) is 0 Å². The van der Waals surface area contributed by atoms with Crippen LogP contribution in [0.15, 0.2) is 43.9 Å². The van der Waals surface area contributed by atoms with Crippen molar-refractivity contribution in [3.63, 3.8) is 0 Å². The van der Waals surface area contributed by atoms with Crippen LogP contribution in [-0.2, 0) is 0 Å². The van der Waals surface area contributed by atoms with Crippen LogP contribution in [0.5, 0.6) is 0 Å². The molecule has 5 heteroatoms. The average molecular weight is 370 g/mol. The second-order valence-electron chi connectivity index (χ2n) is 3.81. The number of furan rings is 1. The van der Waals surface area contributed by atoms with Gasteiger partial charge in [-0.3, -0.25) is 0 Å². The van der Waals surface area contributed by atoms with Crippen LogP contribution >= 0.6 is 31.9 Å². The number of hydrogen-bond acceptors (Lipinski definition) is 3. The van der Waals surface area contributed by atoms with Gasteiger partial charge in [-0.05, 0) is 69.1 Å². The quantitative estimate of drug-likeness (QED) is 0.841. The molecule has 0 aliphatic carbocycles. The summed E-state index contributed by atoms with van der Waals surface area (Å²) in [5.74, 6) is 0.845. The zero-order valence-corrected chi connectivity index (χ0v) is 12.7. The SMILES string of the molecule is CC(Nc1ccc(C#N)cc1Br)c1ccc(Br)o1. The van der Waals surface area contributed by atoms with E-state index in [2.05, 4.69) is 43.2 Å². The minimum absolute atomic E-state index is 0.0422. The van der Waals surface area contributed by atoms with Gasteiger partial charge in [0.25, 0.3) is 0 Å². The van der Waals surface area contributed by atoms with Crippen molar-refractivity contribution in [1.82, 2.24) is 0 Å². The molecule has 0 aliphatic heterocycles. The molecule has 0 spiro atoms. The van der Waals surface area contributed by atoms with E-state index in [4.69, 9.17) is 9.68 Å². The van der Waals surface area contributed by atoms with E-state index in [0.29, 0.717) is 10.2 Å². The Bertz CT molecular complexity index is 601. The minimum Gasteiger partial charge on any atom is -0.452 e. The highest BCUT2D eigenvalue weighted by Crippen LogP contribution is 2.28. The van der Waals surface area contributed by atoms with Crippen LogP contribution < -0.4 is 5.32 Å². The topological polar surface area (TPSA) is 49.0 Å². The van der Waals surface area contributed by atoms with Crippen LogP contribution in [0.25, 0.3) is 0 Å². The van der Waals surface area contributed by atoms with Crippen LogP contribution in [0.3, 0.4) is 0 Å². The Labute approximate surface area is 122 Å². The third-order valence-corrected chi connectivity index (χ3v) is 3.57. The number of halogens is 2. The van der Waals surface area contributed by atoms with Gasteiger partial charge in [-0.2, -0.15) is 5.26 Å². The highest BCUT2D eigenvalue weighted by molar-refractivity contribution is 9.10. The first kappa shape index (κ1) is 13.2. The number of nitrogens with one attached hydrogen (secondary N) is 1. The second-order valence-corrected chi connectivity index (χ2v) is 5.45. The summed E-state index contributed by atoms with van der Waals surface area (Å²) in [6.45, 7) is 2.01. The molecule has 1 heterocycles. The van der Waals surface area contributed by atoms with Crippen molar-refractivity contribution in [2.45, 2.75) is 13.0 Å². The molecular formula is C13H10Br2N2O. The van der Waals surface area contributed by atoms with Crippen molar-refractivity contribution in [3.8, 4) is 6.07 Å². The summed E-state index contributed by atoms with van der Waals surface area (Å²) < 4.78 is 7.06. The van der Waals surface area contributed by atoms with E-state index in [1.807, 2.05) is 25.1 Å². The highest BCUT2D eigenvalue weighted by atomic mass is 79.9. The molecule has 0 radical (unpaired) electrons. The lowest BCUT2D eigenvalue weighted by molar-refractivity contribution is 0.471. The summed E-state index contributed by atoms with van der Waals surface area (Å²) >= 11 is 6.72. The van der Waals surface area contributed by atoms with Gasteiger partial charge < -0.3 is 9.73 Å². The number of rotatable bonds is 3. The predicted molar refractivity (Wildman–Crippen MR) is 77.3 cm³/mol. The van der Waals surface area contributed by atoms with E-state index in [1.165, 1.54) is 0 Å². The fourth-order valence-corrected chi connectivity index (χ4v) is 2.38. The van der Waals surface area contributed by atoms with Crippen LogP contribution in [0.2, 0.25) is 0 Å². The molecule has 0 saturated carbocycles. The smallest absolute Gasteiger partial charge is 0.169 e. The van der Waals surface area contributed by atoms with Crippen molar-refractivity contribution < 1.29 is 4.42 Å². The van der Waals surface area contributed by atoms with E-state index < -0.39 is 0 Å². The number of hydrogen-bond donors (Lipinski definition) is 1. The average Bonchev–Trinajstić information content (AvgIpc) is 2.78. The maximum Gasteiger partial charge on any atom is 0.169 e. The first-order valence-corrected chi connectivity index (χ1v) is 6.90. The fourth-order valence-electron chi connectivity index (χ4n) is 1.57. The summed E-state index contributed by atoms with van der Waals surface area (Å²) in [6, 6.07) is 11.4. The number of benzene rings is 1. The summed E-state index contributed by atoms with van der Waals surface area (Å²) in [5.41, 5.74) is 1.55. The van der Waals surface area contributed by atoms with Gasteiger partial charge in [-0.1, -0.05) is 0 Å². The Kier molecular flexibility index (Phi) is 4.10. The standard InChI is InChI=1S/C13H10Br2N2O/c1-8(12-4-5-13(15)18-12)17-11-3-2-9(7-16)6-10(11)14/h2-6,8,17H,1H3. The zero-order chi connectivity index (χ0) is 13.1. The zero-order valence-electron chi connectivity index (χ0n) is 9.58. The molecule has 0 amide bonds. The maximum absolute atomic E-state index is 8.80. The second kappa shape index (κ2) is 5.59. The van der Waals surface area contributed by atoms with E-state index in [-0.39, 0.29) is 6.04 Å². The molecule has 18 heavy (non-hydrogen) atoms. The van der Waals surface area contributed by atoms with Crippen molar-refractivity contribution in [3.05, 3.63) is 50.8 Å². The largest absolute Gasteiger partial charge is 0.452 e. The number of nitriles is 1. The monoisotopic (exact) mass is 368 g/mol. The first-order valence-electron chi connectivity index (χ1n) is 5.31. The third-order valence-electron chi connectivity index (χ3n) is 2.49. The van der Waals surface area contributed by atoms with Crippen LogP contribution in [0, 0.1) is 11.3 Å². The summed E-state index contributed by atoms with van der Waals surface area (Å²) in [6.07, 6.45) is 0.